The van der Waals surface area contributed by atoms with E-state index >= 15 is 0 Å². The first kappa shape index (κ1) is 17.3. The number of carbonyl (C=O) groups is 2. The first-order valence-corrected chi connectivity index (χ1v) is 8.35. The van der Waals surface area contributed by atoms with Crippen LogP contribution >= 0.6 is 0 Å². The average molecular weight is 318 g/mol. The molecule has 1 aromatic rings. The summed E-state index contributed by atoms with van der Waals surface area (Å²) in [6, 6.07) is 7.78. The van der Waals surface area contributed by atoms with Gasteiger partial charge in [-0.3, -0.25) is 9.59 Å². The molecule has 0 unspecified atom stereocenters. The molecule has 1 aliphatic heterocycles. The van der Waals surface area contributed by atoms with Gasteiger partial charge in [0.1, 0.15) is 0 Å². The maximum atomic E-state index is 11.8. The lowest BCUT2D eigenvalue weighted by Gasteiger charge is -2.17. The van der Waals surface area contributed by atoms with E-state index in [0.717, 1.165) is 25.2 Å². The fraction of sp³-hybridized carbons (Fsp3) is 0.556. The van der Waals surface area contributed by atoms with Crippen LogP contribution in [0.15, 0.2) is 24.3 Å². The molecule has 1 aliphatic rings. The second-order valence-electron chi connectivity index (χ2n) is 6.38. The average Bonchev–Trinajstić information content (AvgIpc) is 3.06. The molecule has 0 saturated carbocycles. The summed E-state index contributed by atoms with van der Waals surface area (Å²) in [6.45, 7) is 6.05. The molecule has 0 atom stereocenters. The van der Waals surface area contributed by atoms with Gasteiger partial charge in [0.25, 0.3) is 5.91 Å². The van der Waals surface area contributed by atoms with Crippen LogP contribution in [0.5, 0.6) is 0 Å². The summed E-state index contributed by atoms with van der Waals surface area (Å²) >= 11 is 0. The minimum Gasteiger partial charge on any atom is -0.456 e. The molecule has 1 amide bonds. The van der Waals surface area contributed by atoms with Crippen LogP contribution in [0.1, 0.15) is 39.5 Å². The Bertz CT molecular complexity index is 520. The molecule has 5 heteroatoms. The maximum absolute atomic E-state index is 11.8. The van der Waals surface area contributed by atoms with E-state index in [2.05, 4.69) is 10.2 Å². The van der Waals surface area contributed by atoms with Gasteiger partial charge in [0.2, 0.25) is 0 Å². The van der Waals surface area contributed by atoms with Crippen molar-refractivity contribution in [3.63, 3.8) is 0 Å². The highest BCUT2D eigenvalue weighted by Gasteiger charge is 2.12. The summed E-state index contributed by atoms with van der Waals surface area (Å²) in [6.07, 6.45) is 3.61. The van der Waals surface area contributed by atoms with Gasteiger partial charge in [-0.2, -0.15) is 0 Å². The van der Waals surface area contributed by atoms with Gasteiger partial charge >= 0.3 is 5.97 Å². The lowest BCUT2D eigenvalue weighted by molar-refractivity contribution is -0.147. The molecule has 0 aromatic heterocycles. The van der Waals surface area contributed by atoms with Gasteiger partial charge in [0.05, 0.1) is 0 Å². The van der Waals surface area contributed by atoms with E-state index in [9.17, 15) is 9.59 Å². The highest BCUT2D eigenvalue weighted by atomic mass is 16.5. The molecule has 1 N–H and O–H groups in total. The van der Waals surface area contributed by atoms with Gasteiger partial charge in [-0.1, -0.05) is 13.8 Å². The summed E-state index contributed by atoms with van der Waals surface area (Å²) in [7, 11) is 0. The number of ether oxygens (including phenoxy) is 1. The van der Waals surface area contributed by atoms with Crippen molar-refractivity contribution in [2.45, 2.75) is 39.5 Å². The summed E-state index contributed by atoms with van der Waals surface area (Å²) < 4.78 is 4.97. The zero-order valence-corrected chi connectivity index (χ0v) is 14.0. The molecular weight excluding hydrogens is 292 g/mol. The molecule has 0 bridgehead atoms. The number of nitrogens with zero attached hydrogens (tertiary/aromatic N) is 1. The zero-order valence-electron chi connectivity index (χ0n) is 14.0. The van der Waals surface area contributed by atoms with Crippen LogP contribution in [0.3, 0.4) is 0 Å². The number of carbonyl (C=O) groups excluding carboxylic acids is 2. The molecule has 126 valence electrons. The Morgan fingerprint density at radius 3 is 2.43 bits per heavy atom. The van der Waals surface area contributed by atoms with Crippen LogP contribution in [0.2, 0.25) is 0 Å². The molecule has 1 heterocycles. The first-order chi connectivity index (χ1) is 11.0. The van der Waals surface area contributed by atoms with Gasteiger partial charge in [-0.25, -0.2) is 0 Å². The van der Waals surface area contributed by atoms with Crippen molar-refractivity contribution in [1.82, 2.24) is 0 Å². The maximum Gasteiger partial charge on any atom is 0.306 e. The van der Waals surface area contributed by atoms with Crippen molar-refractivity contribution in [2.24, 2.45) is 5.92 Å². The van der Waals surface area contributed by atoms with E-state index in [4.69, 9.17) is 4.74 Å². The fourth-order valence-electron chi connectivity index (χ4n) is 2.55. The SMILES string of the molecule is CC(C)CCC(=O)OCC(=O)Nc1ccc(N2CCCC2)cc1. The summed E-state index contributed by atoms with van der Waals surface area (Å²) in [5, 5.41) is 2.75. The number of hydrogen-bond acceptors (Lipinski definition) is 4. The zero-order chi connectivity index (χ0) is 16.7. The third kappa shape index (κ3) is 5.93. The van der Waals surface area contributed by atoms with Crippen molar-refractivity contribution in [3.8, 4) is 0 Å². The van der Waals surface area contributed by atoms with Crippen LogP contribution < -0.4 is 10.2 Å². The van der Waals surface area contributed by atoms with Gasteiger partial charge in [-0.15, -0.1) is 0 Å². The lowest BCUT2D eigenvalue weighted by atomic mass is 10.1. The fourth-order valence-corrected chi connectivity index (χ4v) is 2.55. The van der Waals surface area contributed by atoms with Crippen molar-refractivity contribution in [3.05, 3.63) is 24.3 Å². The van der Waals surface area contributed by atoms with Gasteiger partial charge in [0, 0.05) is 30.9 Å². The Kier molecular flexibility index (Phi) is 6.44. The van der Waals surface area contributed by atoms with Gasteiger partial charge < -0.3 is 15.0 Å². The monoisotopic (exact) mass is 318 g/mol. The Hall–Kier alpha value is -2.04. The number of esters is 1. The smallest absolute Gasteiger partial charge is 0.306 e. The quantitative estimate of drug-likeness (QED) is 0.784. The predicted octanol–water partition coefficient (Wildman–Crippen LogP) is 3.20. The second-order valence-corrected chi connectivity index (χ2v) is 6.38. The Balaban J connectivity index is 1.73. The number of hydrogen-bond donors (Lipinski definition) is 1. The van der Waals surface area contributed by atoms with Crippen molar-refractivity contribution in [1.29, 1.82) is 0 Å². The minimum atomic E-state index is -0.321. The third-order valence-electron chi connectivity index (χ3n) is 3.91. The summed E-state index contributed by atoms with van der Waals surface area (Å²) in [5.41, 5.74) is 1.90. The lowest BCUT2D eigenvalue weighted by Crippen LogP contribution is -2.21. The summed E-state index contributed by atoms with van der Waals surface area (Å²) in [5.74, 6) is -0.180. The van der Waals surface area contributed by atoms with Crippen molar-refractivity contribution in [2.75, 3.05) is 29.9 Å². The minimum absolute atomic E-state index is 0.231. The van der Waals surface area contributed by atoms with E-state index in [1.54, 1.807) is 0 Å². The Labute approximate surface area is 138 Å². The van der Waals surface area contributed by atoms with Gasteiger partial charge in [-0.05, 0) is 49.4 Å². The van der Waals surface area contributed by atoms with Crippen LogP contribution in [-0.4, -0.2) is 31.6 Å². The van der Waals surface area contributed by atoms with Crippen molar-refractivity contribution >= 4 is 23.3 Å². The highest BCUT2D eigenvalue weighted by Crippen LogP contribution is 2.21. The number of benzene rings is 1. The van der Waals surface area contributed by atoms with Crippen LogP contribution in [0.4, 0.5) is 11.4 Å². The Morgan fingerprint density at radius 1 is 1.17 bits per heavy atom. The van der Waals surface area contributed by atoms with E-state index in [0.29, 0.717) is 12.3 Å². The van der Waals surface area contributed by atoms with Crippen molar-refractivity contribution < 1.29 is 14.3 Å². The molecular formula is C18H26N2O3. The topological polar surface area (TPSA) is 58.6 Å². The normalized spacial score (nSPS) is 14.1. The molecule has 1 aromatic carbocycles. The third-order valence-corrected chi connectivity index (χ3v) is 3.91. The van der Waals surface area contributed by atoms with Gasteiger partial charge in [0.15, 0.2) is 6.61 Å². The summed E-state index contributed by atoms with van der Waals surface area (Å²) in [4.78, 5) is 25.6. The second kappa shape index (κ2) is 8.56. The van der Waals surface area contributed by atoms with E-state index in [1.807, 2.05) is 38.1 Å². The standard InChI is InChI=1S/C18H26N2O3/c1-14(2)5-10-18(22)23-13-17(21)19-15-6-8-16(9-7-15)20-11-3-4-12-20/h6-9,14H,3-5,10-13H2,1-2H3,(H,19,21). The van der Waals surface area contributed by atoms with Crippen LogP contribution in [0, 0.1) is 5.92 Å². The van der Waals surface area contributed by atoms with E-state index in [-0.39, 0.29) is 18.5 Å². The van der Waals surface area contributed by atoms with E-state index < -0.39 is 0 Å². The molecule has 2 rings (SSSR count). The number of rotatable bonds is 7. The molecule has 1 saturated heterocycles. The highest BCUT2D eigenvalue weighted by molar-refractivity contribution is 5.92. The molecule has 5 nitrogen and oxygen atoms in total. The number of anilines is 2. The van der Waals surface area contributed by atoms with Crippen LogP contribution in [-0.2, 0) is 14.3 Å². The molecule has 23 heavy (non-hydrogen) atoms. The molecule has 1 fully saturated rings. The Morgan fingerprint density at radius 2 is 1.83 bits per heavy atom. The number of nitrogens with one attached hydrogen (secondary N) is 1. The predicted molar refractivity (Wildman–Crippen MR) is 91.5 cm³/mol. The molecule has 0 spiro atoms. The van der Waals surface area contributed by atoms with E-state index in [1.165, 1.54) is 18.5 Å². The molecule has 0 radical (unpaired) electrons. The largest absolute Gasteiger partial charge is 0.456 e. The first-order valence-electron chi connectivity index (χ1n) is 8.35. The number of amides is 1. The van der Waals surface area contributed by atoms with Crippen LogP contribution in [0.25, 0.3) is 0 Å². The molecule has 0 aliphatic carbocycles.